The number of carbonyl (C=O) groups is 2. The number of nitrogens with one attached hydrogen (secondary N) is 3. The molecular formula is C20H23N3O3S. The molecule has 0 aliphatic heterocycles. The Bertz CT molecular complexity index is 799. The summed E-state index contributed by atoms with van der Waals surface area (Å²) in [5, 5.41) is 2.42. The molecule has 27 heavy (non-hydrogen) atoms. The topological polar surface area (TPSA) is 79.5 Å². The summed E-state index contributed by atoms with van der Waals surface area (Å²) >= 11 is 4.97. The van der Waals surface area contributed by atoms with Crippen molar-refractivity contribution in [2.24, 2.45) is 0 Å². The molecule has 0 saturated carbocycles. The Hall–Kier alpha value is -2.93. The van der Waals surface area contributed by atoms with Crippen LogP contribution >= 0.6 is 12.2 Å². The Balaban J connectivity index is 1.73. The van der Waals surface area contributed by atoms with Crippen LogP contribution in [0.25, 0.3) is 0 Å². The molecule has 7 heteroatoms. The summed E-state index contributed by atoms with van der Waals surface area (Å²) in [4.78, 5) is 23.8. The molecule has 0 aromatic heterocycles. The minimum Gasteiger partial charge on any atom is -0.484 e. The fourth-order valence-electron chi connectivity index (χ4n) is 2.17. The van der Waals surface area contributed by atoms with Crippen LogP contribution in [0.1, 0.15) is 36.7 Å². The van der Waals surface area contributed by atoms with Crippen molar-refractivity contribution in [3.05, 3.63) is 65.7 Å². The minimum absolute atomic E-state index is 0.0176. The van der Waals surface area contributed by atoms with Crippen LogP contribution in [0.2, 0.25) is 0 Å². The summed E-state index contributed by atoms with van der Waals surface area (Å²) < 4.78 is 5.44. The highest BCUT2D eigenvalue weighted by Gasteiger charge is 2.13. The van der Waals surface area contributed by atoms with Crippen LogP contribution in [0.5, 0.6) is 5.75 Å². The number of carbonyl (C=O) groups excluding carboxylic acids is 2. The van der Waals surface area contributed by atoms with Crippen LogP contribution in [-0.4, -0.2) is 23.5 Å². The van der Waals surface area contributed by atoms with E-state index in [9.17, 15) is 9.59 Å². The summed E-state index contributed by atoms with van der Waals surface area (Å²) in [5.41, 5.74) is 6.60. The summed E-state index contributed by atoms with van der Waals surface area (Å²) in [6.45, 7) is 6.19. The molecule has 0 fully saturated rings. The largest absolute Gasteiger partial charge is 0.484 e. The molecule has 0 aliphatic rings. The Morgan fingerprint density at radius 2 is 1.59 bits per heavy atom. The average Bonchev–Trinajstić information content (AvgIpc) is 2.65. The van der Waals surface area contributed by atoms with E-state index >= 15 is 0 Å². The smallest absolute Gasteiger partial charge is 0.269 e. The second-order valence-corrected chi connectivity index (χ2v) is 7.29. The van der Waals surface area contributed by atoms with Crippen molar-refractivity contribution in [3.63, 3.8) is 0 Å². The van der Waals surface area contributed by atoms with Gasteiger partial charge in [0.05, 0.1) is 0 Å². The van der Waals surface area contributed by atoms with E-state index in [4.69, 9.17) is 17.0 Å². The predicted molar refractivity (Wildman–Crippen MR) is 108 cm³/mol. The fraction of sp³-hybridized carbons (Fsp3) is 0.250. The van der Waals surface area contributed by atoms with Crippen molar-refractivity contribution in [1.29, 1.82) is 0 Å². The van der Waals surface area contributed by atoms with Gasteiger partial charge in [0.2, 0.25) is 0 Å². The second-order valence-electron chi connectivity index (χ2n) is 6.89. The highest BCUT2D eigenvalue weighted by Crippen LogP contribution is 2.24. The normalized spacial score (nSPS) is 10.6. The van der Waals surface area contributed by atoms with Gasteiger partial charge in [-0.25, -0.2) is 0 Å². The van der Waals surface area contributed by atoms with Gasteiger partial charge in [0.1, 0.15) is 5.75 Å². The third-order valence-electron chi connectivity index (χ3n) is 3.67. The zero-order valence-corrected chi connectivity index (χ0v) is 16.4. The molecule has 0 bridgehead atoms. The van der Waals surface area contributed by atoms with Crippen molar-refractivity contribution in [3.8, 4) is 5.75 Å². The van der Waals surface area contributed by atoms with Crippen molar-refractivity contribution >= 4 is 29.1 Å². The summed E-state index contributed by atoms with van der Waals surface area (Å²) in [7, 11) is 0. The van der Waals surface area contributed by atoms with Gasteiger partial charge in [-0.3, -0.25) is 25.8 Å². The van der Waals surface area contributed by atoms with Gasteiger partial charge >= 0.3 is 0 Å². The molecule has 0 aliphatic carbocycles. The zero-order valence-electron chi connectivity index (χ0n) is 15.5. The average molecular weight is 385 g/mol. The van der Waals surface area contributed by atoms with Crippen molar-refractivity contribution in [2.45, 2.75) is 26.2 Å². The summed E-state index contributed by atoms with van der Waals surface area (Å²) in [6, 6.07) is 16.2. The standard InChI is InChI=1S/C20H23N3O3S/c1-20(2,3)15-9-11-16(12-10-15)26-13-17(24)21-19(27)23-22-18(25)14-7-5-4-6-8-14/h4-12H,13H2,1-3H3,(H,22,25)(H2,21,23,24,27). The number of rotatable bonds is 4. The van der Waals surface area contributed by atoms with Crippen LogP contribution < -0.4 is 20.9 Å². The summed E-state index contributed by atoms with van der Waals surface area (Å²) in [5.74, 6) is -0.196. The van der Waals surface area contributed by atoms with E-state index in [1.165, 1.54) is 5.56 Å². The first-order chi connectivity index (χ1) is 12.8. The highest BCUT2D eigenvalue weighted by atomic mass is 32.1. The minimum atomic E-state index is -0.429. The first kappa shape index (κ1) is 20.4. The first-order valence-corrected chi connectivity index (χ1v) is 8.85. The second kappa shape index (κ2) is 9.14. The quantitative estimate of drug-likeness (QED) is 0.557. The lowest BCUT2D eigenvalue weighted by molar-refractivity contribution is -0.121. The van der Waals surface area contributed by atoms with Crippen LogP contribution in [-0.2, 0) is 10.2 Å². The molecule has 2 amide bonds. The van der Waals surface area contributed by atoms with Crippen molar-refractivity contribution in [1.82, 2.24) is 16.2 Å². The number of hydrogen-bond donors (Lipinski definition) is 3. The van der Waals surface area contributed by atoms with Crippen molar-refractivity contribution < 1.29 is 14.3 Å². The Morgan fingerprint density at radius 1 is 0.963 bits per heavy atom. The lowest BCUT2D eigenvalue weighted by Crippen LogP contribution is -2.49. The van der Waals surface area contributed by atoms with Crippen LogP contribution in [0.15, 0.2) is 54.6 Å². The van der Waals surface area contributed by atoms with Gasteiger partial charge in [0.15, 0.2) is 11.7 Å². The van der Waals surface area contributed by atoms with Gasteiger partial charge in [-0.15, -0.1) is 0 Å². The molecule has 3 N–H and O–H groups in total. The Labute approximate surface area is 164 Å². The lowest BCUT2D eigenvalue weighted by Gasteiger charge is -2.19. The number of benzene rings is 2. The molecule has 0 heterocycles. The van der Waals surface area contributed by atoms with E-state index in [2.05, 4.69) is 36.9 Å². The fourth-order valence-corrected chi connectivity index (χ4v) is 2.33. The zero-order chi connectivity index (χ0) is 19.9. The molecular weight excluding hydrogens is 362 g/mol. The van der Waals surface area contributed by atoms with Crippen molar-refractivity contribution in [2.75, 3.05) is 6.61 Å². The predicted octanol–water partition coefficient (Wildman–Crippen LogP) is 2.70. The third kappa shape index (κ3) is 6.71. The molecule has 0 radical (unpaired) electrons. The van der Waals surface area contributed by atoms with Gasteiger partial charge < -0.3 is 4.74 Å². The van der Waals surface area contributed by atoms with E-state index < -0.39 is 5.91 Å². The monoisotopic (exact) mass is 385 g/mol. The number of hydrazine groups is 1. The van der Waals surface area contributed by atoms with Gasteiger partial charge in [-0.1, -0.05) is 51.1 Å². The van der Waals surface area contributed by atoms with Gasteiger partial charge in [-0.2, -0.15) is 0 Å². The van der Waals surface area contributed by atoms with Crippen LogP contribution in [0.3, 0.4) is 0 Å². The van der Waals surface area contributed by atoms with Crippen LogP contribution in [0.4, 0.5) is 0 Å². The molecule has 2 aromatic carbocycles. The van der Waals surface area contributed by atoms with Gasteiger partial charge in [-0.05, 0) is 47.5 Å². The van der Waals surface area contributed by atoms with Crippen LogP contribution in [0, 0.1) is 0 Å². The van der Waals surface area contributed by atoms with E-state index in [1.807, 2.05) is 30.3 Å². The lowest BCUT2D eigenvalue weighted by atomic mass is 9.87. The van der Waals surface area contributed by atoms with E-state index in [0.29, 0.717) is 11.3 Å². The third-order valence-corrected chi connectivity index (χ3v) is 3.87. The number of ether oxygens (including phenoxy) is 1. The van der Waals surface area contributed by atoms with E-state index in [0.717, 1.165) is 0 Å². The maximum Gasteiger partial charge on any atom is 0.269 e. The number of hydrogen-bond acceptors (Lipinski definition) is 4. The van der Waals surface area contributed by atoms with Gasteiger partial charge in [0.25, 0.3) is 11.8 Å². The van der Waals surface area contributed by atoms with E-state index in [1.54, 1.807) is 24.3 Å². The maximum absolute atomic E-state index is 11.9. The molecule has 2 aromatic rings. The molecule has 0 atom stereocenters. The molecule has 0 spiro atoms. The van der Waals surface area contributed by atoms with Gasteiger partial charge in [0, 0.05) is 5.56 Å². The molecule has 2 rings (SSSR count). The van der Waals surface area contributed by atoms with E-state index in [-0.39, 0.29) is 23.0 Å². The number of amides is 2. The maximum atomic E-state index is 11.9. The molecule has 0 unspecified atom stereocenters. The molecule has 6 nitrogen and oxygen atoms in total. The summed E-state index contributed by atoms with van der Waals surface area (Å²) in [6.07, 6.45) is 0. The SMILES string of the molecule is CC(C)(C)c1ccc(OCC(=O)NC(=S)NNC(=O)c2ccccc2)cc1. The Morgan fingerprint density at radius 3 is 2.19 bits per heavy atom. The molecule has 0 saturated heterocycles. The number of thiocarbonyl (C=S) groups is 1. The first-order valence-electron chi connectivity index (χ1n) is 8.44. The Kier molecular flexibility index (Phi) is 6.90. The molecule has 142 valence electrons. The highest BCUT2D eigenvalue weighted by molar-refractivity contribution is 7.80.